The van der Waals surface area contributed by atoms with E-state index in [-0.39, 0.29) is 0 Å². The van der Waals surface area contributed by atoms with Gasteiger partial charge in [0.1, 0.15) is 5.75 Å². The molecule has 2 aromatic carbocycles. The highest BCUT2D eigenvalue weighted by molar-refractivity contribution is 7.99. The molecule has 2 aromatic rings. The summed E-state index contributed by atoms with van der Waals surface area (Å²) in [6.45, 7) is 6.33. The standard InChI is InChI=1S/C20H23NOS/c1-14-4-6-20(18(12-14)16-8-10-21-11-9-16)23-19-7-5-17(22-3)13-15(19)2/h4-8,12-13,21H,9-11H2,1-3H3. The summed E-state index contributed by atoms with van der Waals surface area (Å²) in [6.07, 6.45) is 3.42. The Morgan fingerprint density at radius 1 is 1.04 bits per heavy atom. The lowest BCUT2D eigenvalue weighted by atomic mass is 9.99. The molecule has 1 aliphatic heterocycles. The molecule has 0 unspecified atom stereocenters. The summed E-state index contributed by atoms with van der Waals surface area (Å²) in [5, 5.41) is 3.39. The maximum atomic E-state index is 5.31. The molecule has 1 N–H and O–H groups in total. The number of hydrogen-bond acceptors (Lipinski definition) is 3. The third-order valence-corrected chi connectivity index (χ3v) is 5.40. The molecule has 1 aliphatic rings. The molecule has 3 rings (SSSR count). The number of nitrogens with one attached hydrogen (secondary N) is 1. The van der Waals surface area contributed by atoms with E-state index in [1.165, 1.54) is 32.1 Å². The Balaban J connectivity index is 1.95. The van der Waals surface area contributed by atoms with Crippen molar-refractivity contribution in [1.82, 2.24) is 5.32 Å². The van der Waals surface area contributed by atoms with E-state index in [4.69, 9.17) is 4.74 Å². The maximum absolute atomic E-state index is 5.31. The zero-order valence-electron chi connectivity index (χ0n) is 14.0. The highest BCUT2D eigenvalue weighted by Crippen LogP contribution is 2.38. The molecule has 1 heterocycles. The van der Waals surface area contributed by atoms with Crippen LogP contribution in [-0.2, 0) is 0 Å². The molecule has 3 heteroatoms. The van der Waals surface area contributed by atoms with Crippen LogP contribution in [0.4, 0.5) is 0 Å². The van der Waals surface area contributed by atoms with E-state index in [1.54, 1.807) is 7.11 Å². The molecule has 0 atom stereocenters. The van der Waals surface area contributed by atoms with Crippen molar-refractivity contribution in [3.05, 3.63) is 59.2 Å². The molecule has 23 heavy (non-hydrogen) atoms. The lowest BCUT2D eigenvalue weighted by Gasteiger charge is -2.18. The molecule has 0 aromatic heterocycles. The van der Waals surface area contributed by atoms with Crippen molar-refractivity contribution < 1.29 is 4.74 Å². The van der Waals surface area contributed by atoms with E-state index in [0.717, 1.165) is 25.3 Å². The number of ether oxygens (including phenoxy) is 1. The van der Waals surface area contributed by atoms with Crippen molar-refractivity contribution >= 4 is 17.3 Å². The summed E-state index contributed by atoms with van der Waals surface area (Å²) in [6, 6.07) is 13.1. The predicted octanol–water partition coefficient (Wildman–Crippen LogP) is 4.84. The molecular weight excluding hydrogens is 302 g/mol. The molecule has 0 saturated heterocycles. The van der Waals surface area contributed by atoms with Crippen LogP contribution in [0.15, 0.2) is 52.3 Å². The van der Waals surface area contributed by atoms with Gasteiger partial charge in [-0.2, -0.15) is 0 Å². The molecule has 120 valence electrons. The smallest absolute Gasteiger partial charge is 0.119 e. The number of benzene rings is 2. The Bertz CT molecular complexity index is 736. The van der Waals surface area contributed by atoms with Crippen LogP contribution in [0, 0.1) is 13.8 Å². The predicted molar refractivity (Wildman–Crippen MR) is 98.5 cm³/mol. The van der Waals surface area contributed by atoms with Crippen LogP contribution in [0.5, 0.6) is 5.75 Å². The second-order valence-electron chi connectivity index (χ2n) is 5.92. The largest absolute Gasteiger partial charge is 0.497 e. The SMILES string of the molecule is COc1ccc(Sc2ccc(C)cc2C2=CCNCC2)c(C)c1. The first-order valence-corrected chi connectivity index (χ1v) is 8.82. The van der Waals surface area contributed by atoms with E-state index >= 15 is 0 Å². The summed E-state index contributed by atoms with van der Waals surface area (Å²) in [5.41, 5.74) is 5.41. The molecule has 0 saturated carbocycles. The van der Waals surface area contributed by atoms with Crippen molar-refractivity contribution in [2.45, 2.75) is 30.1 Å². The van der Waals surface area contributed by atoms with Gasteiger partial charge in [0.15, 0.2) is 0 Å². The quantitative estimate of drug-likeness (QED) is 0.869. The van der Waals surface area contributed by atoms with Crippen LogP contribution in [0.1, 0.15) is 23.1 Å². The lowest BCUT2D eigenvalue weighted by molar-refractivity contribution is 0.414. The summed E-state index contributed by atoms with van der Waals surface area (Å²) in [7, 11) is 1.71. The average Bonchev–Trinajstić information content (AvgIpc) is 2.58. The second-order valence-corrected chi connectivity index (χ2v) is 7.00. The first-order valence-electron chi connectivity index (χ1n) is 8.00. The van der Waals surface area contributed by atoms with Gasteiger partial charge in [0, 0.05) is 16.3 Å². The molecule has 0 bridgehead atoms. The first kappa shape index (κ1) is 16.2. The van der Waals surface area contributed by atoms with Gasteiger partial charge in [-0.15, -0.1) is 0 Å². The normalized spacial score (nSPS) is 14.5. The van der Waals surface area contributed by atoms with Gasteiger partial charge in [0.05, 0.1) is 7.11 Å². The van der Waals surface area contributed by atoms with Crippen molar-refractivity contribution in [2.75, 3.05) is 20.2 Å². The van der Waals surface area contributed by atoms with Crippen molar-refractivity contribution in [2.24, 2.45) is 0 Å². The lowest BCUT2D eigenvalue weighted by Crippen LogP contribution is -2.20. The summed E-state index contributed by atoms with van der Waals surface area (Å²) < 4.78 is 5.31. The Morgan fingerprint density at radius 2 is 1.87 bits per heavy atom. The van der Waals surface area contributed by atoms with Crippen LogP contribution in [-0.4, -0.2) is 20.2 Å². The van der Waals surface area contributed by atoms with Crippen LogP contribution in [0.2, 0.25) is 0 Å². The Morgan fingerprint density at radius 3 is 2.57 bits per heavy atom. The number of rotatable bonds is 4. The van der Waals surface area contributed by atoms with Crippen molar-refractivity contribution in [3.63, 3.8) is 0 Å². The number of methoxy groups -OCH3 is 1. The summed E-state index contributed by atoms with van der Waals surface area (Å²) >= 11 is 1.85. The number of aryl methyl sites for hydroxylation is 2. The molecule has 0 spiro atoms. The molecule has 0 fully saturated rings. The number of hydrogen-bond donors (Lipinski definition) is 1. The second kappa shape index (κ2) is 7.24. The molecule has 2 nitrogen and oxygen atoms in total. The third-order valence-electron chi connectivity index (χ3n) is 4.15. The van der Waals surface area contributed by atoms with Crippen LogP contribution >= 0.6 is 11.8 Å². The zero-order chi connectivity index (χ0) is 16.2. The van der Waals surface area contributed by atoms with E-state index in [1.807, 2.05) is 17.8 Å². The fraction of sp³-hybridized carbons (Fsp3) is 0.300. The highest BCUT2D eigenvalue weighted by atomic mass is 32.2. The van der Waals surface area contributed by atoms with E-state index < -0.39 is 0 Å². The van der Waals surface area contributed by atoms with Gasteiger partial charge in [-0.1, -0.05) is 35.5 Å². The molecule has 0 amide bonds. The van der Waals surface area contributed by atoms with Gasteiger partial charge in [-0.3, -0.25) is 0 Å². The Kier molecular flexibility index (Phi) is 5.09. The Labute approximate surface area is 142 Å². The molecular formula is C20H23NOS. The van der Waals surface area contributed by atoms with Gasteiger partial charge in [0.2, 0.25) is 0 Å². The minimum atomic E-state index is 0.914. The topological polar surface area (TPSA) is 21.3 Å². The fourth-order valence-electron chi connectivity index (χ4n) is 2.83. The van der Waals surface area contributed by atoms with Crippen LogP contribution < -0.4 is 10.1 Å². The minimum absolute atomic E-state index is 0.914. The Hall–Kier alpha value is -1.71. The van der Waals surface area contributed by atoms with Crippen LogP contribution in [0.3, 0.4) is 0 Å². The van der Waals surface area contributed by atoms with Gasteiger partial charge in [0.25, 0.3) is 0 Å². The molecule has 0 radical (unpaired) electrons. The highest BCUT2D eigenvalue weighted by Gasteiger charge is 2.13. The van der Waals surface area contributed by atoms with Gasteiger partial charge >= 0.3 is 0 Å². The van der Waals surface area contributed by atoms with E-state index in [0.29, 0.717) is 0 Å². The average molecular weight is 325 g/mol. The van der Waals surface area contributed by atoms with Crippen LogP contribution in [0.25, 0.3) is 5.57 Å². The van der Waals surface area contributed by atoms with Gasteiger partial charge in [-0.05, 0) is 67.8 Å². The van der Waals surface area contributed by atoms with Gasteiger partial charge in [-0.25, -0.2) is 0 Å². The maximum Gasteiger partial charge on any atom is 0.119 e. The van der Waals surface area contributed by atoms with Crippen molar-refractivity contribution in [1.29, 1.82) is 0 Å². The summed E-state index contributed by atoms with van der Waals surface area (Å²) in [4.78, 5) is 2.61. The first-order chi connectivity index (χ1) is 11.2. The fourth-order valence-corrected chi connectivity index (χ4v) is 3.86. The zero-order valence-corrected chi connectivity index (χ0v) is 14.8. The minimum Gasteiger partial charge on any atom is -0.497 e. The summed E-state index contributed by atoms with van der Waals surface area (Å²) in [5.74, 6) is 0.914. The van der Waals surface area contributed by atoms with Gasteiger partial charge < -0.3 is 10.1 Å². The monoisotopic (exact) mass is 325 g/mol. The van der Waals surface area contributed by atoms with E-state index in [9.17, 15) is 0 Å². The van der Waals surface area contributed by atoms with E-state index in [2.05, 4.69) is 55.6 Å². The third kappa shape index (κ3) is 3.80. The molecule has 0 aliphatic carbocycles. The van der Waals surface area contributed by atoms with Crippen molar-refractivity contribution in [3.8, 4) is 5.75 Å².